The van der Waals surface area contributed by atoms with Crippen LogP contribution in [0.2, 0.25) is 0 Å². The second-order valence-electron chi connectivity index (χ2n) is 0.0745. The molecule has 0 aliphatic rings. The zero-order valence-electron chi connectivity index (χ0n) is 1.62. The molecule has 0 N–H and O–H groups in total. The molecule has 0 aromatic rings. The van der Waals surface area contributed by atoms with Gasteiger partial charge in [-0.25, -0.2) is 0 Å². The zero-order chi connectivity index (χ0) is 2.71. The molecule has 0 unspecified atom stereocenters. The summed E-state index contributed by atoms with van der Waals surface area (Å²) in [5, 5.41) is 0.375. The molecular formula is CHNi2O. The summed E-state index contributed by atoms with van der Waals surface area (Å²) in [6, 6.07) is 0. The van der Waals surface area contributed by atoms with E-state index in [1.165, 1.54) is 0 Å². The molecule has 0 amide bonds. The molecule has 0 aliphatic heterocycles. The van der Waals surface area contributed by atoms with Crippen LogP contribution in [0.5, 0.6) is 0 Å². The van der Waals surface area contributed by atoms with Crippen molar-refractivity contribution >= 4 is 5.26 Å². The van der Waals surface area contributed by atoms with Gasteiger partial charge in [0.25, 0.3) is 0 Å². The Labute approximate surface area is 42.4 Å². The van der Waals surface area contributed by atoms with E-state index < -0.39 is 0 Å². The van der Waals surface area contributed by atoms with Crippen molar-refractivity contribution in [3.05, 3.63) is 0 Å². The van der Waals surface area contributed by atoms with E-state index in [2.05, 4.69) is 15.5 Å². The van der Waals surface area contributed by atoms with Crippen LogP contribution >= 0.6 is 0 Å². The zero-order valence-corrected chi connectivity index (χ0v) is 3.59. The fourth-order valence-corrected chi connectivity index (χ4v) is 0. The van der Waals surface area contributed by atoms with Crippen LogP contribution < -0.4 is 0 Å². The van der Waals surface area contributed by atoms with Gasteiger partial charge in [-0.15, -0.1) is 0 Å². The summed E-state index contributed by atoms with van der Waals surface area (Å²) in [4.78, 5) is 8.64. The molecule has 0 saturated heterocycles. The van der Waals surface area contributed by atoms with Crippen LogP contribution in [0.3, 0.4) is 0 Å². The molecule has 31 valence electrons. The van der Waals surface area contributed by atoms with E-state index in [1.807, 2.05) is 0 Å². The van der Waals surface area contributed by atoms with Crippen molar-refractivity contribution in [2.75, 3.05) is 0 Å². The number of carbonyl (C=O) groups excluding carboxylic acids is 1. The summed E-state index contributed by atoms with van der Waals surface area (Å²) in [6.45, 7) is 0. The first-order valence-corrected chi connectivity index (χ1v) is 0.988. The first-order chi connectivity index (χ1) is 1.41. The van der Waals surface area contributed by atoms with Crippen LogP contribution in [0.1, 0.15) is 0 Å². The Hall–Kier alpha value is 0.657. The Balaban J connectivity index is 0. The van der Waals surface area contributed by atoms with E-state index in [9.17, 15) is 0 Å². The van der Waals surface area contributed by atoms with Crippen molar-refractivity contribution in [1.82, 2.24) is 0 Å². The SMILES string of the molecule is O=[CH][Ni].[Ni]. The summed E-state index contributed by atoms with van der Waals surface area (Å²) in [5.74, 6) is 0. The van der Waals surface area contributed by atoms with E-state index in [-0.39, 0.29) is 16.5 Å². The third-order valence-electron chi connectivity index (χ3n) is 0. The fraction of sp³-hybridized carbons (Fsp3) is 0. The standard InChI is InChI=1S/CHO.2Ni/c1-2;;/h1H;;. The van der Waals surface area contributed by atoms with Gasteiger partial charge in [0.2, 0.25) is 0 Å². The molecule has 0 bridgehead atoms. The Morgan fingerprint density at radius 3 is 1.75 bits per heavy atom. The van der Waals surface area contributed by atoms with Gasteiger partial charge in [-0.2, -0.15) is 0 Å². The minimum atomic E-state index is 0. The molecule has 0 saturated carbocycles. The fourth-order valence-electron chi connectivity index (χ4n) is 0. The molecule has 0 radical (unpaired) electrons. The molecule has 1 nitrogen and oxygen atoms in total. The Morgan fingerprint density at radius 1 is 1.75 bits per heavy atom. The van der Waals surface area contributed by atoms with E-state index >= 15 is 0 Å². The predicted octanol–water partition coefficient (Wildman–Crippen LogP) is -0.279. The van der Waals surface area contributed by atoms with Crippen molar-refractivity contribution in [3.63, 3.8) is 0 Å². The summed E-state index contributed by atoms with van der Waals surface area (Å²) in [6.07, 6.45) is 0. The first-order valence-electron chi connectivity index (χ1n) is 0.418. The molecule has 0 aromatic carbocycles. The van der Waals surface area contributed by atoms with Crippen molar-refractivity contribution in [1.29, 1.82) is 0 Å². The third-order valence-corrected chi connectivity index (χ3v) is 0. The molecule has 0 aromatic heterocycles. The van der Waals surface area contributed by atoms with Crippen molar-refractivity contribution in [2.24, 2.45) is 0 Å². The summed E-state index contributed by atoms with van der Waals surface area (Å²) >= 11 is 3.49. The van der Waals surface area contributed by atoms with Crippen LogP contribution in [-0.4, -0.2) is 5.26 Å². The molecule has 0 fully saturated rings. The summed E-state index contributed by atoms with van der Waals surface area (Å²) in [7, 11) is 0. The number of carbonyl (C=O) groups is 1. The van der Waals surface area contributed by atoms with E-state index in [4.69, 9.17) is 4.79 Å². The number of hydrogen-bond acceptors (Lipinski definition) is 1. The van der Waals surface area contributed by atoms with Gasteiger partial charge < -0.3 is 0 Å². The van der Waals surface area contributed by atoms with Crippen molar-refractivity contribution in [2.45, 2.75) is 0 Å². The molecule has 4 heavy (non-hydrogen) atoms. The van der Waals surface area contributed by atoms with Crippen LogP contribution in [0.4, 0.5) is 0 Å². The van der Waals surface area contributed by atoms with Crippen molar-refractivity contribution in [3.8, 4) is 0 Å². The Morgan fingerprint density at radius 2 is 1.75 bits per heavy atom. The predicted molar refractivity (Wildman–Crippen MR) is 6.75 cm³/mol. The second-order valence-corrected chi connectivity index (χ2v) is 0.307. The number of hydrogen-bond donors (Lipinski definition) is 0. The molecule has 0 rings (SSSR count). The summed E-state index contributed by atoms with van der Waals surface area (Å²) < 4.78 is 0. The second kappa shape index (κ2) is 9.40. The Kier molecular flexibility index (Phi) is 20.7. The van der Waals surface area contributed by atoms with Gasteiger partial charge in [-0.05, 0) is 0 Å². The Bertz CT molecular complexity index is 13.5. The average molecular weight is 146 g/mol. The maximum atomic E-state index is 8.64. The van der Waals surface area contributed by atoms with Gasteiger partial charge >= 0.3 is 25.5 Å². The van der Waals surface area contributed by atoms with Gasteiger partial charge in [0.1, 0.15) is 0 Å². The van der Waals surface area contributed by atoms with Crippen LogP contribution in [0, 0.1) is 0 Å². The maximum Gasteiger partial charge on any atom is 0 e. The molecule has 3 heteroatoms. The van der Waals surface area contributed by atoms with Gasteiger partial charge in [-0.3, -0.25) is 0 Å². The third kappa shape index (κ3) is 16.9. The molecular weight excluding hydrogens is 145 g/mol. The van der Waals surface area contributed by atoms with Gasteiger partial charge in [0, 0.05) is 16.5 Å². The molecule has 0 atom stereocenters. The van der Waals surface area contributed by atoms with Gasteiger partial charge in [0.15, 0.2) is 0 Å². The molecule has 0 spiro atoms. The van der Waals surface area contributed by atoms with Crippen molar-refractivity contribution < 1.29 is 36.8 Å². The minimum Gasteiger partial charge on any atom is 0 e. The molecule has 0 aliphatic carbocycles. The first kappa shape index (κ1) is 8.82. The van der Waals surface area contributed by atoms with E-state index in [0.29, 0.717) is 5.26 Å². The topological polar surface area (TPSA) is 17.1 Å². The van der Waals surface area contributed by atoms with Crippen LogP contribution in [-0.2, 0) is 36.8 Å². The van der Waals surface area contributed by atoms with Crippen LogP contribution in [0.25, 0.3) is 0 Å². The smallest absolute Gasteiger partial charge is 0 e. The largest absolute Gasteiger partial charge is 0 e. The van der Waals surface area contributed by atoms with Gasteiger partial charge in [-0.1, -0.05) is 0 Å². The molecule has 0 heterocycles. The average Bonchev–Trinajstić information content (AvgIpc) is 0.918. The normalized spacial score (nSPS) is 3.50. The quantitative estimate of drug-likeness (QED) is 0.339. The minimum absolute atomic E-state index is 0. The monoisotopic (exact) mass is 145 g/mol. The number of rotatable bonds is 0. The van der Waals surface area contributed by atoms with E-state index in [0.717, 1.165) is 0 Å². The van der Waals surface area contributed by atoms with Gasteiger partial charge in [0.05, 0.1) is 0 Å². The summed E-state index contributed by atoms with van der Waals surface area (Å²) in [5.41, 5.74) is 0. The maximum absolute atomic E-state index is 8.64. The van der Waals surface area contributed by atoms with Crippen LogP contribution in [0.15, 0.2) is 0 Å². The van der Waals surface area contributed by atoms with E-state index in [1.54, 1.807) is 0 Å².